The van der Waals surface area contributed by atoms with E-state index in [-0.39, 0.29) is 29.2 Å². The molecule has 0 spiro atoms. The molecule has 12 heteroatoms. The van der Waals surface area contributed by atoms with E-state index in [0.717, 1.165) is 12.1 Å². The molecule has 1 saturated carbocycles. The molecule has 3 atom stereocenters. The van der Waals surface area contributed by atoms with Crippen LogP contribution in [0.2, 0.25) is 5.15 Å². The first kappa shape index (κ1) is 28.4. The van der Waals surface area contributed by atoms with Crippen molar-refractivity contribution < 1.29 is 37.0 Å². The second-order valence-corrected chi connectivity index (χ2v) is 9.82. The first-order valence-electron chi connectivity index (χ1n) is 12.3. The molecule has 4 rings (SSSR count). The van der Waals surface area contributed by atoms with Gasteiger partial charge in [0.1, 0.15) is 16.6 Å². The van der Waals surface area contributed by atoms with E-state index in [2.05, 4.69) is 10.3 Å². The summed E-state index contributed by atoms with van der Waals surface area (Å²) < 4.78 is 62.0. The van der Waals surface area contributed by atoms with Crippen LogP contribution in [0.1, 0.15) is 66.0 Å². The average Bonchev–Trinajstić information content (AvgIpc) is 3.55. The zero-order valence-electron chi connectivity index (χ0n) is 21.1. The summed E-state index contributed by atoms with van der Waals surface area (Å²) in [5.74, 6) is -3.41. The van der Waals surface area contributed by atoms with Gasteiger partial charge < -0.3 is 19.7 Å². The van der Waals surface area contributed by atoms with Crippen molar-refractivity contribution in [2.24, 2.45) is 5.92 Å². The zero-order chi connectivity index (χ0) is 28.5. The van der Waals surface area contributed by atoms with Crippen LogP contribution in [0.15, 0.2) is 42.5 Å². The van der Waals surface area contributed by atoms with Crippen LogP contribution in [0.4, 0.5) is 23.2 Å². The molecule has 39 heavy (non-hydrogen) atoms. The van der Waals surface area contributed by atoms with Crippen molar-refractivity contribution in [2.45, 2.75) is 51.2 Å². The highest BCUT2D eigenvalue weighted by molar-refractivity contribution is 6.29. The third-order valence-electron chi connectivity index (χ3n) is 6.76. The first-order chi connectivity index (χ1) is 18.4. The van der Waals surface area contributed by atoms with Gasteiger partial charge in [0.25, 0.3) is 5.91 Å². The number of rotatable bonds is 10. The second-order valence-electron chi connectivity index (χ2n) is 9.43. The number of carboxylic acid groups (broad SMARTS) is 1. The number of carboxylic acids is 1. The number of hydrogen-bond donors (Lipinski definition) is 2. The van der Waals surface area contributed by atoms with Crippen LogP contribution in [0.5, 0.6) is 5.75 Å². The van der Waals surface area contributed by atoms with Gasteiger partial charge in [-0.25, -0.2) is 4.98 Å². The summed E-state index contributed by atoms with van der Waals surface area (Å²) in [7, 11) is 0. The molecular weight excluding hydrogens is 542 g/mol. The third-order valence-corrected chi connectivity index (χ3v) is 6.96. The number of pyridine rings is 1. The normalized spacial score (nSPS) is 17.5. The Hall–Kier alpha value is -3.60. The maximum Gasteiger partial charge on any atom is 0.418 e. The number of nitrogens with one attached hydrogen (secondary N) is 1. The minimum absolute atomic E-state index is 0.0607. The van der Waals surface area contributed by atoms with Crippen molar-refractivity contribution >= 4 is 29.2 Å². The van der Waals surface area contributed by atoms with Crippen molar-refractivity contribution in [3.05, 3.63) is 76.1 Å². The number of aromatic nitrogens is 2. The molecule has 1 aliphatic carbocycles. The molecule has 0 radical (unpaired) electrons. The van der Waals surface area contributed by atoms with Gasteiger partial charge in [0.2, 0.25) is 5.95 Å². The minimum atomic E-state index is -4.73. The van der Waals surface area contributed by atoms with Crippen molar-refractivity contribution in [3.63, 3.8) is 0 Å². The van der Waals surface area contributed by atoms with Crippen LogP contribution in [-0.4, -0.2) is 33.1 Å². The van der Waals surface area contributed by atoms with Gasteiger partial charge in [-0.15, -0.1) is 0 Å². The Balaban J connectivity index is 1.57. The van der Waals surface area contributed by atoms with Gasteiger partial charge in [-0.1, -0.05) is 24.6 Å². The van der Waals surface area contributed by atoms with Crippen molar-refractivity contribution in [1.82, 2.24) is 9.55 Å². The van der Waals surface area contributed by atoms with Gasteiger partial charge in [-0.2, -0.15) is 17.6 Å². The molecule has 0 saturated heterocycles. The molecule has 2 heterocycles. The smallest absolute Gasteiger partial charge is 0.418 e. The Kier molecular flexibility index (Phi) is 8.20. The van der Waals surface area contributed by atoms with Gasteiger partial charge in [0, 0.05) is 30.3 Å². The van der Waals surface area contributed by atoms with Gasteiger partial charge in [0.15, 0.2) is 0 Å². The number of alkyl halides is 3. The largest absolute Gasteiger partial charge is 0.493 e. The molecular formula is C27H26ClF4N3O4. The number of aliphatic carboxylic acids is 1. The number of halogens is 5. The molecule has 0 bridgehead atoms. The summed E-state index contributed by atoms with van der Waals surface area (Å²) >= 11 is 5.75. The first-order valence-corrected chi connectivity index (χ1v) is 12.7. The number of carbonyl (C=O) groups is 2. The lowest BCUT2D eigenvalue weighted by molar-refractivity contribution is -0.139. The van der Waals surface area contributed by atoms with Crippen molar-refractivity contribution in [2.75, 3.05) is 11.9 Å². The predicted octanol–water partition coefficient (Wildman–Crippen LogP) is 6.73. The lowest BCUT2D eigenvalue weighted by atomic mass is 10.0. The maximum atomic E-state index is 13.7. The zero-order valence-corrected chi connectivity index (χ0v) is 21.8. The monoisotopic (exact) mass is 567 g/mol. The lowest BCUT2D eigenvalue weighted by Crippen LogP contribution is -2.22. The van der Waals surface area contributed by atoms with Crippen LogP contribution in [0, 0.1) is 11.9 Å². The molecule has 2 aromatic heterocycles. The highest BCUT2D eigenvalue weighted by atomic mass is 35.5. The SMILES string of the molecule is CC[C@H](C)n1c(CCOc2cc(F)nc(Cl)c2)ccc1C(=O)Nc1cc([C@H]2C[C@H]2C(=O)O)ccc1C(F)(F)F. The van der Waals surface area contributed by atoms with E-state index in [9.17, 15) is 32.3 Å². The van der Waals surface area contributed by atoms with E-state index < -0.39 is 47.1 Å². The highest BCUT2D eigenvalue weighted by Crippen LogP contribution is 2.49. The number of hydrogen-bond acceptors (Lipinski definition) is 4. The number of amides is 1. The molecule has 1 amide bonds. The number of benzene rings is 1. The lowest BCUT2D eigenvalue weighted by Gasteiger charge is -2.21. The van der Waals surface area contributed by atoms with E-state index in [1.165, 1.54) is 24.3 Å². The Morgan fingerprint density at radius 2 is 1.97 bits per heavy atom. The van der Waals surface area contributed by atoms with Crippen LogP contribution < -0.4 is 10.1 Å². The van der Waals surface area contributed by atoms with E-state index in [1.807, 2.05) is 13.8 Å². The fourth-order valence-electron chi connectivity index (χ4n) is 4.55. The van der Waals surface area contributed by atoms with E-state index in [0.29, 0.717) is 30.5 Å². The molecule has 0 aliphatic heterocycles. The summed E-state index contributed by atoms with van der Waals surface area (Å²) in [5, 5.41) is 11.5. The highest BCUT2D eigenvalue weighted by Gasteiger charge is 2.45. The molecule has 3 aromatic rings. The summed E-state index contributed by atoms with van der Waals surface area (Å²) in [5.41, 5.74) is -0.175. The summed E-state index contributed by atoms with van der Waals surface area (Å²) in [4.78, 5) is 28.0. The molecule has 1 aromatic carbocycles. The molecule has 208 valence electrons. The minimum Gasteiger partial charge on any atom is -0.493 e. The summed E-state index contributed by atoms with van der Waals surface area (Å²) in [6.07, 6.45) is -3.45. The Morgan fingerprint density at radius 3 is 2.59 bits per heavy atom. The van der Waals surface area contributed by atoms with E-state index in [4.69, 9.17) is 16.3 Å². The maximum absolute atomic E-state index is 13.7. The quantitative estimate of drug-likeness (QED) is 0.209. The Labute approximate surface area is 226 Å². The number of ether oxygens (including phenoxy) is 1. The third kappa shape index (κ3) is 6.52. The van der Waals surface area contributed by atoms with Crippen molar-refractivity contribution in [3.8, 4) is 5.75 Å². The fraction of sp³-hybridized carbons (Fsp3) is 0.370. The molecule has 7 nitrogen and oxygen atoms in total. The molecule has 1 aliphatic rings. The van der Waals surface area contributed by atoms with E-state index >= 15 is 0 Å². The van der Waals surface area contributed by atoms with Crippen LogP contribution in [0.3, 0.4) is 0 Å². The number of anilines is 1. The van der Waals surface area contributed by atoms with Crippen LogP contribution >= 0.6 is 11.6 Å². The summed E-state index contributed by atoms with van der Waals surface area (Å²) in [6, 6.07) is 8.83. The van der Waals surface area contributed by atoms with Gasteiger partial charge in [0.05, 0.1) is 23.8 Å². The van der Waals surface area contributed by atoms with Gasteiger partial charge in [-0.3, -0.25) is 9.59 Å². The molecule has 0 unspecified atom stereocenters. The topological polar surface area (TPSA) is 93.5 Å². The Morgan fingerprint density at radius 1 is 1.23 bits per heavy atom. The van der Waals surface area contributed by atoms with Crippen molar-refractivity contribution in [1.29, 1.82) is 0 Å². The predicted molar refractivity (Wildman–Crippen MR) is 136 cm³/mol. The molecule has 2 N–H and O–H groups in total. The van der Waals surface area contributed by atoms with Crippen LogP contribution in [0.25, 0.3) is 0 Å². The molecule has 1 fully saturated rings. The van der Waals surface area contributed by atoms with Crippen LogP contribution in [-0.2, 0) is 17.4 Å². The summed E-state index contributed by atoms with van der Waals surface area (Å²) in [6.45, 7) is 3.90. The number of nitrogens with zero attached hydrogens (tertiary/aromatic N) is 2. The fourth-order valence-corrected chi connectivity index (χ4v) is 4.74. The standard InChI is InChI=1S/C27H26ClF4N3O4/c1-3-14(2)35-16(8-9-39-17-11-23(28)34-24(29)12-17)5-7-22(35)25(36)33-21-10-15(18-13-19(18)26(37)38)4-6-20(21)27(30,31)32/h4-7,10-12,14,18-19H,3,8-9,13H2,1-2H3,(H,33,36)(H,37,38)/t14-,18+,19+/m0/s1. The Bertz CT molecular complexity index is 1370. The van der Waals surface area contributed by atoms with E-state index in [1.54, 1.807) is 10.6 Å². The van der Waals surface area contributed by atoms with Gasteiger partial charge >= 0.3 is 12.1 Å². The average molecular weight is 568 g/mol. The number of carbonyl (C=O) groups excluding carboxylic acids is 1. The van der Waals surface area contributed by atoms with Gasteiger partial charge in [-0.05, 0) is 55.5 Å². The second kappa shape index (κ2) is 11.3.